The first-order valence-electron chi connectivity index (χ1n) is 8.77. The molecule has 1 heterocycles. The highest BCUT2D eigenvalue weighted by atomic mass is 35.5. The molecule has 0 unspecified atom stereocenters. The van der Waals surface area contributed by atoms with Gasteiger partial charge in [0.25, 0.3) is 5.91 Å². The van der Waals surface area contributed by atoms with Gasteiger partial charge in [0.2, 0.25) is 0 Å². The molecule has 1 aromatic heterocycles. The third kappa shape index (κ3) is 3.71. The summed E-state index contributed by atoms with van der Waals surface area (Å²) in [6.07, 6.45) is 1.84. The quantitative estimate of drug-likeness (QED) is 0.663. The first-order chi connectivity index (χ1) is 13.0. The molecule has 5 nitrogen and oxygen atoms in total. The van der Waals surface area contributed by atoms with Crippen LogP contribution in [0.3, 0.4) is 0 Å². The molecule has 3 aromatic rings. The van der Waals surface area contributed by atoms with Crippen LogP contribution in [0, 0.1) is 12.7 Å². The lowest BCUT2D eigenvalue weighted by molar-refractivity contribution is 0.0721. The minimum Gasteiger partial charge on any atom is -0.330 e. The lowest BCUT2D eigenvalue weighted by Crippen LogP contribution is -2.33. The van der Waals surface area contributed by atoms with Crippen LogP contribution in [0.5, 0.6) is 0 Å². The molecule has 0 bridgehead atoms. The van der Waals surface area contributed by atoms with Crippen molar-refractivity contribution in [1.29, 1.82) is 0 Å². The lowest BCUT2D eigenvalue weighted by Gasteiger charge is -2.22. The number of aryl methyl sites for hydroxylation is 1. The summed E-state index contributed by atoms with van der Waals surface area (Å²) in [6.45, 7) is 1.97. The van der Waals surface area contributed by atoms with Gasteiger partial charge in [0, 0.05) is 23.2 Å². The molecule has 1 amide bonds. The topological polar surface area (TPSA) is 51.0 Å². The molecule has 7 heteroatoms. The van der Waals surface area contributed by atoms with Gasteiger partial charge in [-0.05, 0) is 44.0 Å². The fraction of sp³-hybridized carbons (Fsp3) is 0.250. The van der Waals surface area contributed by atoms with Gasteiger partial charge in [-0.25, -0.2) is 4.39 Å². The first-order valence-corrected chi connectivity index (χ1v) is 9.15. The van der Waals surface area contributed by atoms with Crippen LogP contribution < -0.4 is 0 Å². The van der Waals surface area contributed by atoms with Gasteiger partial charge in [-0.3, -0.25) is 4.79 Å². The first kappa shape index (κ1) is 17.7. The van der Waals surface area contributed by atoms with Crippen molar-refractivity contribution >= 4 is 17.5 Å². The molecule has 0 atom stereocenters. The summed E-state index contributed by atoms with van der Waals surface area (Å²) in [5, 5.41) is 9.30. The Labute approximate surface area is 161 Å². The number of hydrogen-bond donors (Lipinski definition) is 0. The Kier molecular flexibility index (Phi) is 4.66. The molecule has 0 N–H and O–H groups in total. The maximum absolute atomic E-state index is 14.1. The Morgan fingerprint density at radius 1 is 1.22 bits per heavy atom. The SMILES string of the molecule is Cc1nn(-c2cccc(Cl)c2)nc1C(=O)N(Cc1ccccc1F)C1CC1. The van der Waals surface area contributed by atoms with E-state index in [0.717, 1.165) is 12.8 Å². The molecule has 1 aliphatic rings. The van der Waals surface area contributed by atoms with Gasteiger partial charge in [0.1, 0.15) is 5.82 Å². The van der Waals surface area contributed by atoms with Gasteiger partial charge in [-0.2, -0.15) is 9.90 Å². The second-order valence-corrected chi connectivity index (χ2v) is 7.10. The van der Waals surface area contributed by atoms with E-state index in [9.17, 15) is 9.18 Å². The van der Waals surface area contributed by atoms with Crippen LogP contribution in [0.2, 0.25) is 5.02 Å². The maximum atomic E-state index is 14.1. The van der Waals surface area contributed by atoms with Crippen LogP contribution in [0.25, 0.3) is 5.69 Å². The highest BCUT2D eigenvalue weighted by Crippen LogP contribution is 2.30. The zero-order valence-electron chi connectivity index (χ0n) is 14.8. The third-order valence-corrected chi connectivity index (χ3v) is 4.81. The van der Waals surface area contributed by atoms with Gasteiger partial charge >= 0.3 is 0 Å². The van der Waals surface area contributed by atoms with Crippen molar-refractivity contribution in [3.63, 3.8) is 0 Å². The Hall–Kier alpha value is -2.73. The van der Waals surface area contributed by atoms with Crippen LogP contribution in [0.4, 0.5) is 4.39 Å². The standard InChI is InChI=1S/C20H18ClFN4O/c1-13-19(24-26(23-13)17-7-4-6-15(21)11-17)20(27)25(16-9-10-16)12-14-5-2-3-8-18(14)22/h2-8,11,16H,9-10,12H2,1H3. The average molecular weight is 385 g/mol. The molecule has 1 fully saturated rings. The summed E-state index contributed by atoms with van der Waals surface area (Å²) in [7, 11) is 0. The molecule has 0 spiro atoms. The zero-order chi connectivity index (χ0) is 19.0. The van der Waals surface area contributed by atoms with E-state index in [2.05, 4.69) is 10.2 Å². The number of rotatable bonds is 5. The molecule has 138 valence electrons. The lowest BCUT2D eigenvalue weighted by atomic mass is 10.2. The number of benzene rings is 2. The number of amides is 1. The highest BCUT2D eigenvalue weighted by molar-refractivity contribution is 6.30. The largest absolute Gasteiger partial charge is 0.330 e. The molecular weight excluding hydrogens is 367 g/mol. The molecule has 1 aliphatic carbocycles. The van der Waals surface area contributed by atoms with Crippen molar-refractivity contribution in [2.24, 2.45) is 0 Å². The minimum absolute atomic E-state index is 0.118. The summed E-state index contributed by atoms with van der Waals surface area (Å²) in [5.41, 5.74) is 1.98. The fourth-order valence-electron chi connectivity index (χ4n) is 2.99. The van der Waals surface area contributed by atoms with E-state index < -0.39 is 0 Å². The maximum Gasteiger partial charge on any atom is 0.276 e. The summed E-state index contributed by atoms with van der Waals surface area (Å²) in [5.74, 6) is -0.540. The molecular formula is C20H18ClFN4O. The van der Waals surface area contributed by atoms with Gasteiger partial charge in [-0.1, -0.05) is 35.9 Å². The van der Waals surface area contributed by atoms with Crippen LogP contribution >= 0.6 is 11.6 Å². The Bertz CT molecular complexity index is 999. The van der Waals surface area contributed by atoms with E-state index in [-0.39, 0.29) is 30.0 Å². The molecule has 2 aromatic carbocycles. The second kappa shape index (κ2) is 7.12. The second-order valence-electron chi connectivity index (χ2n) is 6.66. The van der Waals surface area contributed by atoms with E-state index in [1.54, 1.807) is 48.2 Å². The number of hydrogen-bond acceptors (Lipinski definition) is 3. The number of halogens is 2. The Morgan fingerprint density at radius 3 is 2.70 bits per heavy atom. The summed E-state index contributed by atoms with van der Waals surface area (Å²) >= 11 is 6.03. The van der Waals surface area contributed by atoms with Crippen molar-refractivity contribution in [1.82, 2.24) is 19.9 Å². The van der Waals surface area contributed by atoms with Gasteiger partial charge < -0.3 is 4.90 Å². The molecule has 4 rings (SSSR count). The number of aromatic nitrogens is 3. The normalized spacial score (nSPS) is 13.6. The third-order valence-electron chi connectivity index (χ3n) is 4.57. The molecule has 0 radical (unpaired) electrons. The number of carbonyl (C=O) groups excluding carboxylic acids is 1. The summed E-state index contributed by atoms with van der Waals surface area (Å²) < 4.78 is 14.1. The van der Waals surface area contributed by atoms with Crippen LogP contribution in [0.1, 0.15) is 34.6 Å². The predicted molar refractivity (Wildman–Crippen MR) is 100 cm³/mol. The smallest absolute Gasteiger partial charge is 0.276 e. The van der Waals surface area contributed by atoms with E-state index in [0.29, 0.717) is 22.0 Å². The van der Waals surface area contributed by atoms with Crippen molar-refractivity contribution < 1.29 is 9.18 Å². The van der Waals surface area contributed by atoms with Crippen LogP contribution in [-0.2, 0) is 6.54 Å². The summed E-state index contributed by atoms with van der Waals surface area (Å²) in [4.78, 5) is 16.2. The average Bonchev–Trinajstić information content (AvgIpc) is 3.42. The molecule has 27 heavy (non-hydrogen) atoms. The minimum atomic E-state index is -0.310. The Balaban J connectivity index is 1.63. The molecule has 1 saturated carbocycles. The number of carbonyl (C=O) groups is 1. The van der Waals surface area contributed by atoms with Crippen LogP contribution in [-0.4, -0.2) is 31.8 Å². The highest BCUT2D eigenvalue weighted by Gasteiger charge is 2.35. The van der Waals surface area contributed by atoms with E-state index in [4.69, 9.17) is 11.6 Å². The van der Waals surface area contributed by atoms with E-state index in [1.165, 1.54) is 10.9 Å². The number of nitrogens with zero attached hydrogens (tertiary/aromatic N) is 4. The fourth-order valence-corrected chi connectivity index (χ4v) is 3.18. The van der Waals surface area contributed by atoms with Crippen LogP contribution in [0.15, 0.2) is 48.5 Å². The zero-order valence-corrected chi connectivity index (χ0v) is 15.5. The molecule has 0 aliphatic heterocycles. The van der Waals surface area contributed by atoms with Gasteiger partial charge in [-0.15, -0.1) is 5.10 Å². The monoisotopic (exact) mass is 384 g/mol. The molecule has 0 saturated heterocycles. The predicted octanol–water partition coefficient (Wildman–Crippen LogP) is 4.17. The Morgan fingerprint density at radius 2 is 2.00 bits per heavy atom. The summed E-state index contributed by atoms with van der Waals surface area (Å²) in [6, 6.07) is 13.7. The van der Waals surface area contributed by atoms with Crippen molar-refractivity contribution in [3.05, 3.63) is 76.3 Å². The van der Waals surface area contributed by atoms with Crippen molar-refractivity contribution in [2.75, 3.05) is 0 Å². The van der Waals surface area contributed by atoms with Gasteiger partial charge in [0.05, 0.1) is 11.4 Å². The van der Waals surface area contributed by atoms with Crippen molar-refractivity contribution in [3.8, 4) is 5.69 Å². The van der Waals surface area contributed by atoms with E-state index >= 15 is 0 Å². The van der Waals surface area contributed by atoms with Crippen molar-refractivity contribution in [2.45, 2.75) is 32.4 Å². The van der Waals surface area contributed by atoms with Gasteiger partial charge in [0.15, 0.2) is 5.69 Å². The van der Waals surface area contributed by atoms with E-state index in [1.807, 2.05) is 6.07 Å².